The van der Waals surface area contributed by atoms with Crippen LogP contribution in [0.1, 0.15) is 18.4 Å². The second kappa shape index (κ2) is 8.68. The van der Waals surface area contributed by atoms with E-state index in [2.05, 4.69) is 5.32 Å². The molecule has 0 saturated carbocycles. The second-order valence-corrected chi connectivity index (χ2v) is 9.72. The Balaban J connectivity index is 1.43. The topological polar surface area (TPSA) is 102 Å². The maximum Gasteiger partial charge on any atom is 0.419 e. The third kappa shape index (κ3) is 4.42. The lowest BCUT2D eigenvalue weighted by atomic mass is 9.99. The van der Waals surface area contributed by atoms with E-state index in [1.165, 1.54) is 21.0 Å². The van der Waals surface area contributed by atoms with E-state index in [1.807, 2.05) is 30.3 Å². The predicted molar refractivity (Wildman–Crippen MR) is 116 cm³/mol. The highest BCUT2D eigenvalue weighted by Crippen LogP contribution is 2.26. The second-order valence-electron chi connectivity index (χ2n) is 7.79. The Morgan fingerprint density at radius 1 is 1.19 bits per heavy atom. The molecule has 8 nitrogen and oxygen atoms in total. The van der Waals surface area contributed by atoms with Crippen LogP contribution in [0.15, 0.2) is 62.6 Å². The summed E-state index contributed by atoms with van der Waals surface area (Å²) in [5.74, 6) is -1.06. The van der Waals surface area contributed by atoms with Gasteiger partial charge in [-0.15, -0.1) is 0 Å². The van der Waals surface area contributed by atoms with Gasteiger partial charge in [0.1, 0.15) is 0 Å². The van der Waals surface area contributed by atoms with Gasteiger partial charge in [0.15, 0.2) is 5.58 Å². The van der Waals surface area contributed by atoms with Crippen LogP contribution < -0.4 is 11.1 Å². The van der Waals surface area contributed by atoms with Gasteiger partial charge >= 0.3 is 5.76 Å². The van der Waals surface area contributed by atoms with Crippen LogP contribution in [0.4, 0.5) is 0 Å². The molecule has 1 amide bonds. The summed E-state index contributed by atoms with van der Waals surface area (Å²) in [6, 6.07) is 14.3. The first-order valence-corrected chi connectivity index (χ1v) is 11.7. The monoisotopic (exact) mass is 443 g/mol. The minimum atomic E-state index is -3.80. The normalized spacial score (nSPS) is 17.6. The average Bonchev–Trinajstić information content (AvgIpc) is 3.07. The molecule has 0 aliphatic carbocycles. The van der Waals surface area contributed by atoms with E-state index in [-0.39, 0.29) is 22.9 Å². The van der Waals surface area contributed by atoms with Crippen LogP contribution in [-0.2, 0) is 28.3 Å². The number of fused-ring (bicyclic) bond motifs is 1. The first kappa shape index (κ1) is 21.3. The minimum Gasteiger partial charge on any atom is -0.408 e. The van der Waals surface area contributed by atoms with E-state index >= 15 is 0 Å². The number of nitrogens with zero attached hydrogens (tertiary/aromatic N) is 2. The lowest BCUT2D eigenvalue weighted by Gasteiger charge is -2.31. The van der Waals surface area contributed by atoms with Crippen molar-refractivity contribution in [3.05, 3.63) is 64.6 Å². The summed E-state index contributed by atoms with van der Waals surface area (Å²) in [6.45, 7) is 0.999. The van der Waals surface area contributed by atoms with Crippen molar-refractivity contribution >= 4 is 27.0 Å². The molecule has 1 N–H and O–H groups in total. The molecule has 0 bridgehead atoms. The number of nitrogens with one attached hydrogen (secondary N) is 1. The van der Waals surface area contributed by atoms with Gasteiger partial charge in [0.05, 0.1) is 16.3 Å². The third-order valence-electron chi connectivity index (χ3n) is 5.71. The Morgan fingerprint density at radius 2 is 1.97 bits per heavy atom. The Bertz CT molecular complexity index is 1250. The highest BCUT2D eigenvalue weighted by Gasteiger charge is 2.33. The highest BCUT2D eigenvalue weighted by atomic mass is 32.2. The van der Waals surface area contributed by atoms with Crippen LogP contribution in [-0.4, -0.2) is 42.8 Å². The quantitative estimate of drug-likeness (QED) is 0.627. The average molecular weight is 444 g/mol. The van der Waals surface area contributed by atoms with Crippen LogP contribution >= 0.6 is 0 Å². The van der Waals surface area contributed by atoms with Gasteiger partial charge in [-0.1, -0.05) is 30.3 Å². The number of aromatic nitrogens is 1. The Labute approximate surface area is 180 Å². The zero-order valence-electron chi connectivity index (χ0n) is 17.3. The molecule has 164 valence electrons. The van der Waals surface area contributed by atoms with Gasteiger partial charge in [-0.2, -0.15) is 4.31 Å². The lowest BCUT2D eigenvalue weighted by molar-refractivity contribution is -0.126. The van der Waals surface area contributed by atoms with Crippen molar-refractivity contribution in [2.75, 3.05) is 19.6 Å². The van der Waals surface area contributed by atoms with Crippen molar-refractivity contribution in [1.29, 1.82) is 0 Å². The summed E-state index contributed by atoms with van der Waals surface area (Å²) in [6.07, 6.45) is 1.98. The van der Waals surface area contributed by atoms with Crippen molar-refractivity contribution in [2.45, 2.75) is 24.2 Å². The molecule has 4 rings (SSSR count). The maximum atomic E-state index is 13.2. The maximum absolute atomic E-state index is 13.2. The SMILES string of the molecule is Cn1c(=O)oc2cc(S(=O)(=O)N3CCC[C@@H](C(=O)NCCc4ccccc4)C3)ccc21. The van der Waals surface area contributed by atoms with Crippen molar-refractivity contribution in [2.24, 2.45) is 13.0 Å². The molecule has 1 aliphatic heterocycles. The smallest absolute Gasteiger partial charge is 0.408 e. The number of carbonyl (C=O) groups is 1. The number of rotatable bonds is 6. The number of sulfonamides is 1. The van der Waals surface area contributed by atoms with Gasteiger partial charge in [-0.05, 0) is 37.0 Å². The Hall–Kier alpha value is -2.91. The van der Waals surface area contributed by atoms with E-state index in [9.17, 15) is 18.0 Å². The molecule has 1 atom stereocenters. The standard InChI is InChI=1S/C22H25N3O5S/c1-24-19-10-9-18(14-20(19)30-22(24)27)31(28,29)25-13-5-8-17(15-25)21(26)23-12-11-16-6-3-2-4-7-16/h2-4,6-7,9-10,14,17H,5,8,11-13,15H2,1H3,(H,23,26)/t17-/m1/s1. The molecule has 1 aromatic heterocycles. The van der Waals surface area contributed by atoms with Gasteiger partial charge in [0.2, 0.25) is 15.9 Å². The number of hydrogen-bond acceptors (Lipinski definition) is 5. The minimum absolute atomic E-state index is 0.0551. The van der Waals surface area contributed by atoms with Crippen LogP contribution in [0.25, 0.3) is 11.1 Å². The number of carbonyl (C=O) groups excluding carboxylic acids is 1. The fourth-order valence-corrected chi connectivity index (χ4v) is 5.46. The van der Waals surface area contributed by atoms with Gasteiger partial charge in [0.25, 0.3) is 0 Å². The molecule has 9 heteroatoms. The molecular weight excluding hydrogens is 418 g/mol. The number of amides is 1. The number of benzene rings is 2. The Morgan fingerprint density at radius 3 is 2.74 bits per heavy atom. The molecule has 2 aromatic carbocycles. The molecule has 2 heterocycles. The number of piperidine rings is 1. The summed E-state index contributed by atoms with van der Waals surface area (Å²) in [7, 11) is -2.24. The molecule has 0 radical (unpaired) electrons. The molecule has 3 aromatic rings. The fourth-order valence-electron chi connectivity index (χ4n) is 3.92. The fraction of sp³-hybridized carbons (Fsp3) is 0.364. The predicted octanol–water partition coefficient (Wildman–Crippen LogP) is 1.89. The Kier molecular flexibility index (Phi) is 5.97. The van der Waals surface area contributed by atoms with Crippen molar-refractivity contribution in [3.8, 4) is 0 Å². The lowest BCUT2D eigenvalue weighted by Crippen LogP contribution is -2.45. The first-order chi connectivity index (χ1) is 14.9. The number of aryl methyl sites for hydroxylation is 1. The van der Waals surface area contributed by atoms with E-state index in [4.69, 9.17) is 4.42 Å². The summed E-state index contributed by atoms with van der Waals surface area (Å²) < 4.78 is 34.1. The van der Waals surface area contributed by atoms with Crippen molar-refractivity contribution in [3.63, 3.8) is 0 Å². The summed E-state index contributed by atoms with van der Waals surface area (Å²) >= 11 is 0. The summed E-state index contributed by atoms with van der Waals surface area (Å²) in [5, 5.41) is 2.93. The third-order valence-corrected chi connectivity index (χ3v) is 7.57. The van der Waals surface area contributed by atoms with Gasteiger partial charge in [0, 0.05) is 32.7 Å². The van der Waals surface area contributed by atoms with Gasteiger partial charge in [-0.25, -0.2) is 13.2 Å². The van der Waals surface area contributed by atoms with Gasteiger partial charge in [-0.3, -0.25) is 9.36 Å². The zero-order valence-corrected chi connectivity index (χ0v) is 18.1. The van der Waals surface area contributed by atoms with Crippen LogP contribution in [0.2, 0.25) is 0 Å². The molecule has 1 aliphatic rings. The van der Waals surface area contributed by atoms with Crippen LogP contribution in [0.3, 0.4) is 0 Å². The largest absolute Gasteiger partial charge is 0.419 e. The first-order valence-electron chi connectivity index (χ1n) is 10.3. The van der Waals surface area contributed by atoms with E-state index < -0.39 is 21.7 Å². The highest BCUT2D eigenvalue weighted by molar-refractivity contribution is 7.89. The van der Waals surface area contributed by atoms with Crippen LogP contribution in [0, 0.1) is 5.92 Å². The van der Waals surface area contributed by atoms with Crippen molar-refractivity contribution < 1.29 is 17.6 Å². The molecule has 1 saturated heterocycles. The van der Waals surface area contributed by atoms with Gasteiger partial charge < -0.3 is 9.73 Å². The molecule has 1 fully saturated rings. The molecular formula is C22H25N3O5S. The molecule has 0 unspecified atom stereocenters. The van der Waals surface area contributed by atoms with E-state index in [1.54, 1.807) is 13.1 Å². The zero-order chi connectivity index (χ0) is 22.0. The van der Waals surface area contributed by atoms with Crippen molar-refractivity contribution in [1.82, 2.24) is 14.2 Å². The molecule has 0 spiro atoms. The summed E-state index contributed by atoms with van der Waals surface area (Å²) in [5.41, 5.74) is 1.89. The summed E-state index contributed by atoms with van der Waals surface area (Å²) in [4.78, 5) is 24.4. The van der Waals surface area contributed by atoms with Crippen LogP contribution in [0.5, 0.6) is 0 Å². The number of oxazole rings is 1. The molecule has 31 heavy (non-hydrogen) atoms. The number of hydrogen-bond donors (Lipinski definition) is 1. The van der Waals surface area contributed by atoms with E-state index in [0.717, 1.165) is 12.0 Å². The van der Waals surface area contributed by atoms with E-state index in [0.29, 0.717) is 31.4 Å².